The van der Waals surface area contributed by atoms with Crippen LogP contribution in [0, 0.1) is 6.92 Å². The van der Waals surface area contributed by atoms with Gasteiger partial charge >= 0.3 is 0 Å². The van der Waals surface area contributed by atoms with Crippen LogP contribution in [0.3, 0.4) is 0 Å². The average Bonchev–Trinajstić information content (AvgIpc) is 2.37. The molecule has 0 saturated heterocycles. The lowest BCUT2D eigenvalue weighted by molar-refractivity contribution is 0.295. The number of rotatable bonds is 4. The van der Waals surface area contributed by atoms with Crippen molar-refractivity contribution in [3.05, 3.63) is 48.0 Å². The van der Waals surface area contributed by atoms with Crippen LogP contribution < -0.4 is 9.47 Å². The Kier molecular flexibility index (Phi) is 3.55. The molecule has 17 heavy (non-hydrogen) atoms. The first-order valence-corrected chi connectivity index (χ1v) is 5.33. The first kappa shape index (κ1) is 11.4. The smallest absolute Gasteiger partial charge is 0.166 e. The van der Waals surface area contributed by atoms with Crippen molar-refractivity contribution >= 4 is 0 Å². The van der Waals surface area contributed by atoms with Gasteiger partial charge in [0.25, 0.3) is 0 Å². The van der Waals surface area contributed by atoms with E-state index in [4.69, 9.17) is 9.47 Å². The zero-order valence-electron chi connectivity index (χ0n) is 9.88. The van der Waals surface area contributed by atoms with Crippen molar-refractivity contribution in [3.63, 3.8) is 0 Å². The van der Waals surface area contributed by atoms with Crippen LogP contribution in [0.5, 0.6) is 11.5 Å². The van der Waals surface area contributed by atoms with Crippen molar-refractivity contribution in [3.8, 4) is 11.5 Å². The van der Waals surface area contributed by atoms with Gasteiger partial charge in [0.05, 0.1) is 7.11 Å². The average molecular weight is 230 g/mol. The van der Waals surface area contributed by atoms with E-state index in [1.165, 1.54) is 0 Å². The Morgan fingerprint density at radius 1 is 1.06 bits per heavy atom. The lowest BCUT2D eigenvalue weighted by Crippen LogP contribution is -2.01. The summed E-state index contributed by atoms with van der Waals surface area (Å²) in [6.07, 6.45) is 1.73. The van der Waals surface area contributed by atoms with Crippen molar-refractivity contribution in [2.45, 2.75) is 13.5 Å². The molecule has 0 aliphatic rings. The molecule has 1 heterocycles. The van der Waals surface area contributed by atoms with Gasteiger partial charge in [-0.1, -0.05) is 0 Å². The minimum absolute atomic E-state index is 0.369. The molecule has 0 amide bonds. The molecule has 0 spiro atoms. The first-order chi connectivity index (χ1) is 8.28. The highest BCUT2D eigenvalue weighted by atomic mass is 16.5. The third kappa shape index (κ3) is 3.17. The maximum atomic E-state index is 5.57. The fourth-order valence-electron chi connectivity index (χ4n) is 1.39. The summed E-state index contributed by atoms with van der Waals surface area (Å²) < 4.78 is 10.6. The second-order valence-corrected chi connectivity index (χ2v) is 3.58. The van der Waals surface area contributed by atoms with Crippen LogP contribution >= 0.6 is 0 Å². The molecule has 0 bridgehead atoms. The number of benzene rings is 1. The highest BCUT2D eigenvalue weighted by Gasteiger charge is 1.99. The van der Waals surface area contributed by atoms with Gasteiger partial charge in [-0.15, -0.1) is 0 Å². The Bertz CT molecular complexity index is 483. The van der Waals surface area contributed by atoms with E-state index in [9.17, 15) is 0 Å². The van der Waals surface area contributed by atoms with Crippen LogP contribution in [0.4, 0.5) is 0 Å². The third-order valence-corrected chi connectivity index (χ3v) is 2.27. The van der Waals surface area contributed by atoms with E-state index >= 15 is 0 Å². The summed E-state index contributed by atoms with van der Waals surface area (Å²) in [5.41, 5.74) is 0.938. The summed E-state index contributed by atoms with van der Waals surface area (Å²) in [6, 6.07) is 9.28. The van der Waals surface area contributed by atoms with Crippen LogP contribution in [-0.2, 0) is 6.61 Å². The molecule has 2 rings (SSSR count). The number of hydrogen-bond acceptors (Lipinski definition) is 4. The highest BCUT2D eigenvalue weighted by Crippen LogP contribution is 2.17. The predicted molar refractivity (Wildman–Crippen MR) is 64.1 cm³/mol. The number of hydrogen-bond donors (Lipinski definition) is 0. The maximum absolute atomic E-state index is 5.57. The minimum Gasteiger partial charge on any atom is -0.497 e. The standard InChI is InChI=1S/C13H14N2O2/c1-10-7-8-14-13(15-10)9-17-12-5-3-11(16-2)4-6-12/h3-8H,9H2,1-2H3. The van der Waals surface area contributed by atoms with Gasteiger partial charge in [0.2, 0.25) is 0 Å². The fraction of sp³-hybridized carbons (Fsp3) is 0.231. The second kappa shape index (κ2) is 5.30. The summed E-state index contributed by atoms with van der Waals surface area (Å²) in [7, 11) is 1.64. The lowest BCUT2D eigenvalue weighted by Gasteiger charge is -2.06. The van der Waals surface area contributed by atoms with Gasteiger partial charge in [-0.05, 0) is 37.3 Å². The van der Waals surface area contributed by atoms with Gasteiger partial charge in [-0.3, -0.25) is 0 Å². The molecule has 0 radical (unpaired) electrons. The molecule has 0 aliphatic heterocycles. The molecule has 88 valence electrons. The van der Waals surface area contributed by atoms with E-state index in [1.807, 2.05) is 37.3 Å². The topological polar surface area (TPSA) is 44.2 Å². The van der Waals surface area contributed by atoms with Crippen LogP contribution in [0.1, 0.15) is 11.5 Å². The van der Waals surface area contributed by atoms with E-state index in [-0.39, 0.29) is 0 Å². The predicted octanol–water partition coefficient (Wildman–Crippen LogP) is 2.37. The van der Waals surface area contributed by atoms with Crippen molar-refractivity contribution < 1.29 is 9.47 Å². The monoisotopic (exact) mass is 230 g/mol. The largest absolute Gasteiger partial charge is 0.497 e. The van der Waals surface area contributed by atoms with Gasteiger partial charge < -0.3 is 9.47 Å². The minimum atomic E-state index is 0.369. The molecule has 4 nitrogen and oxygen atoms in total. The van der Waals surface area contributed by atoms with E-state index in [1.54, 1.807) is 13.3 Å². The molecule has 0 fully saturated rings. The number of nitrogens with zero attached hydrogens (tertiary/aromatic N) is 2. The summed E-state index contributed by atoms with van der Waals surface area (Å²) in [5.74, 6) is 2.26. The zero-order chi connectivity index (χ0) is 12.1. The fourth-order valence-corrected chi connectivity index (χ4v) is 1.39. The Balaban J connectivity index is 1.97. The van der Waals surface area contributed by atoms with Gasteiger partial charge in [0, 0.05) is 11.9 Å². The third-order valence-electron chi connectivity index (χ3n) is 2.27. The van der Waals surface area contributed by atoms with Crippen LogP contribution in [-0.4, -0.2) is 17.1 Å². The molecule has 1 aromatic heterocycles. The quantitative estimate of drug-likeness (QED) is 0.808. The Hall–Kier alpha value is -2.10. The van der Waals surface area contributed by atoms with Gasteiger partial charge in [-0.25, -0.2) is 9.97 Å². The van der Waals surface area contributed by atoms with E-state index in [0.717, 1.165) is 17.2 Å². The maximum Gasteiger partial charge on any atom is 0.166 e. The molecule has 2 aromatic rings. The van der Waals surface area contributed by atoms with Crippen molar-refractivity contribution in [1.82, 2.24) is 9.97 Å². The number of aromatic nitrogens is 2. The summed E-state index contributed by atoms with van der Waals surface area (Å²) in [4.78, 5) is 8.39. The SMILES string of the molecule is COc1ccc(OCc2nccc(C)n2)cc1. The van der Waals surface area contributed by atoms with E-state index in [0.29, 0.717) is 12.4 Å². The molecular weight excluding hydrogens is 216 g/mol. The van der Waals surface area contributed by atoms with Gasteiger partial charge in [0.1, 0.15) is 18.1 Å². The second-order valence-electron chi connectivity index (χ2n) is 3.58. The van der Waals surface area contributed by atoms with Crippen molar-refractivity contribution in [2.24, 2.45) is 0 Å². The summed E-state index contributed by atoms with van der Waals surface area (Å²) in [5, 5.41) is 0. The van der Waals surface area contributed by atoms with Gasteiger partial charge in [0.15, 0.2) is 5.82 Å². The lowest BCUT2D eigenvalue weighted by atomic mass is 10.3. The zero-order valence-corrected chi connectivity index (χ0v) is 9.88. The number of aryl methyl sites for hydroxylation is 1. The Morgan fingerprint density at radius 2 is 1.76 bits per heavy atom. The van der Waals surface area contributed by atoms with Gasteiger partial charge in [-0.2, -0.15) is 0 Å². The van der Waals surface area contributed by atoms with E-state index < -0.39 is 0 Å². The van der Waals surface area contributed by atoms with Crippen molar-refractivity contribution in [1.29, 1.82) is 0 Å². The summed E-state index contributed by atoms with van der Waals surface area (Å²) >= 11 is 0. The van der Waals surface area contributed by atoms with Crippen LogP contribution in [0.15, 0.2) is 36.5 Å². The molecular formula is C13H14N2O2. The Morgan fingerprint density at radius 3 is 2.41 bits per heavy atom. The molecule has 0 N–H and O–H groups in total. The van der Waals surface area contributed by atoms with Crippen LogP contribution in [0.25, 0.3) is 0 Å². The molecule has 0 unspecified atom stereocenters. The molecule has 0 aliphatic carbocycles. The molecule has 0 atom stereocenters. The molecule has 1 aromatic carbocycles. The first-order valence-electron chi connectivity index (χ1n) is 5.33. The van der Waals surface area contributed by atoms with E-state index in [2.05, 4.69) is 9.97 Å². The Labute approximate surface area is 100 Å². The normalized spacial score (nSPS) is 10.0. The molecule has 4 heteroatoms. The number of methoxy groups -OCH3 is 1. The highest BCUT2D eigenvalue weighted by molar-refractivity contribution is 5.31. The van der Waals surface area contributed by atoms with Crippen LogP contribution in [0.2, 0.25) is 0 Å². The van der Waals surface area contributed by atoms with Crippen molar-refractivity contribution in [2.75, 3.05) is 7.11 Å². The summed E-state index contributed by atoms with van der Waals surface area (Å²) in [6.45, 7) is 2.30. The molecule has 0 saturated carbocycles. The number of ether oxygens (including phenoxy) is 2.